The molecule has 0 aliphatic carbocycles. The van der Waals surface area contributed by atoms with E-state index in [1.807, 2.05) is 20.8 Å². The van der Waals surface area contributed by atoms with Crippen LogP contribution in [0.5, 0.6) is 0 Å². The Bertz CT molecular complexity index is 214. The third kappa shape index (κ3) is 3.96. The van der Waals surface area contributed by atoms with Gasteiger partial charge >= 0.3 is 0 Å². The third-order valence-corrected chi connectivity index (χ3v) is 1.42. The Labute approximate surface area is 74.3 Å². The lowest BCUT2D eigenvalue weighted by Gasteiger charge is -2.17. The molecule has 0 aliphatic heterocycles. The molecular formula is C10H17NO. The highest BCUT2D eigenvalue weighted by molar-refractivity contribution is 5.32. The normalized spacial score (nSPS) is 14.7. The van der Waals surface area contributed by atoms with Gasteiger partial charge in [0.05, 0.1) is 5.76 Å². The monoisotopic (exact) mass is 167 g/mol. The lowest BCUT2D eigenvalue weighted by Crippen LogP contribution is -2.06. The van der Waals surface area contributed by atoms with E-state index < -0.39 is 0 Å². The molecule has 0 aliphatic rings. The maximum absolute atomic E-state index is 8.92. The molecule has 0 rings (SSSR count). The van der Waals surface area contributed by atoms with Gasteiger partial charge in [0.25, 0.3) is 0 Å². The lowest BCUT2D eigenvalue weighted by molar-refractivity contribution is 0.414. The van der Waals surface area contributed by atoms with Gasteiger partial charge in [-0.2, -0.15) is 0 Å². The zero-order valence-electron chi connectivity index (χ0n) is 8.26. The molecule has 0 unspecified atom stereocenters. The summed E-state index contributed by atoms with van der Waals surface area (Å²) in [6, 6.07) is 0. The maximum atomic E-state index is 8.92. The first-order valence-electron chi connectivity index (χ1n) is 3.92. The lowest BCUT2D eigenvalue weighted by atomic mass is 9.92. The average molecular weight is 167 g/mol. The Morgan fingerprint density at radius 3 is 2.08 bits per heavy atom. The van der Waals surface area contributed by atoms with Crippen LogP contribution in [0.2, 0.25) is 0 Å². The SMILES string of the molecule is C=N/C(=C\C=C(/C)O)C(C)(C)C. The maximum Gasteiger partial charge on any atom is 0.0892 e. The molecule has 0 saturated carbocycles. The number of aliphatic hydroxyl groups is 1. The summed E-state index contributed by atoms with van der Waals surface area (Å²) >= 11 is 0. The van der Waals surface area contributed by atoms with Crippen LogP contribution in [0.25, 0.3) is 0 Å². The van der Waals surface area contributed by atoms with Crippen molar-refractivity contribution in [1.82, 2.24) is 0 Å². The van der Waals surface area contributed by atoms with Crippen LogP contribution in [0, 0.1) is 5.41 Å². The molecule has 68 valence electrons. The molecule has 0 aromatic heterocycles. The minimum Gasteiger partial charge on any atom is -0.513 e. The van der Waals surface area contributed by atoms with Crippen molar-refractivity contribution in [2.24, 2.45) is 10.4 Å². The standard InChI is InChI=1S/C10H17NO/c1-8(12)6-7-9(11-5)10(2,3)4/h6-7,12H,5H2,1-4H3/b8-6+,9-7-. The molecule has 0 atom stereocenters. The van der Waals surface area contributed by atoms with Crippen molar-refractivity contribution >= 4 is 6.72 Å². The van der Waals surface area contributed by atoms with E-state index in [-0.39, 0.29) is 11.2 Å². The number of rotatable bonds is 2. The Balaban J connectivity index is 4.68. The number of aliphatic hydroxyl groups excluding tert-OH is 1. The molecule has 0 saturated heterocycles. The van der Waals surface area contributed by atoms with Crippen molar-refractivity contribution in [2.45, 2.75) is 27.7 Å². The number of nitrogens with zero attached hydrogens (tertiary/aromatic N) is 1. The molecule has 0 amide bonds. The predicted octanol–water partition coefficient (Wildman–Crippen LogP) is 3.08. The Morgan fingerprint density at radius 1 is 1.33 bits per heavy atom. The van der Waals surface area contributed by atoms with Crippen LogP contribution in [-0.4, -0.2) is 11.8 Å². The van der Waals surface area contributed by atoms with Gasteiger partial charge in [-0.15, -0.1) is 0 Å². The average Bonchev–Trinajstić information content (AvgIpc) is 1.85. The van der Waals surface area contributed by atoms with Gasteiger partial charge in [0.2, 0.25) is 0 Å². The van der Waals surface area contributed by atoms with Crippen LogP contribution < -0.4 is 0 Å². The van der Waals surface area contributed by atoms with Crippen molar-refractivity contribution in [3.05, 3.63) is 23.6 Å². The van der Waals surface area contributed by atoms with Gasteiger partial charge in [0, 0.05) is 11.1 Å². The fourth-order valence-electron chi connectivity index (χ4n) is 0.739. The summed E-state index contributed by atoms with van der Waals surface area (Å²) in [4.78, 5) is 3.89. The minimum absolute atomic E-state index is 0.0201. The second-order valence-electron chi connectivity index (χ2n) is 3.77. The van der Waals surface area contributed by atoms with Gasteiger partial charge < -0.3 is 5.11 Å². The van der Waals surface area contributed by atoms with E-state index in [1.54, 1.807) is 19.1 Å². The first kappa shape index (κ1) is 11.0. The van der Waals surface area contributed by atoms with Crippen LogP contribution in [0.4, 0.5) is 0 Å². The number of aliphatic imine (C=N–C) groups is 1. The fraction of sp³-hybridized carbons (Fsp3) is 0.500. The van der Waals surface area contributed by atoms with Crippen molar-refractivity contribution < 1.29 is 5.11 Å². The number of allylic oxidation sites excluding steroid dienone is 4. The molecule has 0 spiro atoms. The Hall–Kier alpha value is -1.05. The van der Waals surface area contributed by atoms with Crippen LogP contribution in [0.3, 0.4) is 0 Å². The van der Waals surface area contributed by atoms with E-state index in [4.69, 9.17) is 5.11 Å². The number of hydrogen-bond donors (Lipinski definition) is 1. The van der Waals surface area contributed by atoms with E-state index >= 15 is 0 Å². The summed E-state index contributed by atoms with van der Waals surface area (Å²) in [6.07, 6.45) is 3.40. The van der Waals surface area contributed by atoms with Gasteiger partial charge in [-0.25, -0.2) is 0 Å². The molecule has 0 aromatic rings. The second kappa shape index (κ2) is 4.10. The van der Waals surface area contributed by atoms with Crippen LogP contribution in [-0.2, 0) is 0 Å². The molecule has 0 bridgehead atoms. The van der Waals surface area contributed by atoms with E-state index in [0.717, 1.165) is 5.70 Å². The van der Waals surface area contributed by atoms with Gasteiger partial charge in [0.1, 0.15) is 0 Å². The van der Waals surface area contributed by atoms with Crippen molar-refractivity contribution in [1.29, 1.82) is 0 Å². The van der Waals surface area contributed by atoms with E-state index in [0.29, 0.717) is 0 Å². The largest absolute Gasteiger partial charge is 0.513 e. The summed E-state index contributed by atoms with van der Waals surface area (Å²) in [5, 5.41) is 8.92. The van der Waals surface area contributed by atoms with Crippen molar-refractivity contribution in [2.75, 3.05) is 0 Å². The van der Waals surface area contributed by atoms with E-state index in [1.165, 1.54) is 0 Å². The molecular weight excluding hydrogens is 150 g/mol. The summed E-state index contributed by atoms with van der Waals surface area (Å²) in [5.74, 6) is 0.278. The van der Waals surface area contributed by atoms with Crippen LogP contribution in [0.15, 0.2) is 28.6 Å². The number of hydrogen-bond acceptors (Lipinski definition) is 2. The van der Waals surface area contributed by atoms with Crippen LogP contribution >= 0.6 is 0 Å². The topological polar surface area (TPSA) is 32.6 Å². The summed E-state index contributed by atoms with van der Waals surface area (Å²) < 4.78 is 0. The molecule has 0 aromatic carbocycles. The van der Waals surface area contributed by atoms with Crippen molar-refractivity contribution in [3.8, 4) is 0 Å². The molecule has 0 radical (unpaired) electrons. The first-order valence-corrected chi connectivity index (χ1v) is 3.92. The van der Waals surface area contributed by atoms with Gasteiger partial charge in [-0.3, -0.25) is 4.99 Å². The zero-order valence-corrected chi connectivity index (χ0v) is 8.26. The highest BCUT2D eigenvalue weighted by atomic mass is 16.3. The molecule has 0 fully saturated rings. The quantitative estimate of drug-likeness (QED) is 0.382. The van der Waals surface area contributed by atoms with Gasteiger partial charge in [-0.1, -0.05) is 20.8 Å². The van der Waals surface area contributed by atoms with E-state index in [2.05, 4.69) is 11.7 Å². The van der Waals surface area contributed by atoms with Crippen LogP contribution in [0.1, 0.15) is 27.7 Å². The Morgan fingerprint density at radius 2 is 1.83 bits per heavy atom. The second-order valence-corrected chi connectivity index (χ2v) is 3.77. The smallest absolute Gasteiger partial charge is 0.0892 e. The minimum atomic E-state index is -0.0201. The molecule has 2 nitrogen and oxygen atoms in total. The highest BCUT2D eigenvalue weighted by Crippen LogP contribution is 2.25. The molecule has 2 heteroatoms. The van der Waals surface area contributed by atoms with E-state index in [9.17, 15) is 0 Å². The van der Waals surface area contributed by atoms with Gasteiger partial charge in [-0.05, 0) is 25.8 Å². The molecule has 1 N–H and O–H groups in total. The summed E-state index contributed by atoms with van der Waals surface area (Å²) in [5.41, 5.74) is 0.851. The van der Waals surface area contributed by atoms with Crippen molar-refractivity contribution in [3.63, 3.8) is 0 Å². The molecule has 12 heavy (non-hydrogen) atoms. The molecule has 0 heterocycles. The highest BCUT2D eigenvalue weighted by Gasteiger charge is 2.14. The third-order valence-electron chi connectivity index (χ3n) is 1.42. The van der Waals surface area contributed by atoms with Gasteiger partial charge in [0.15, 0.2) is 0 Å². The fourth-order valence-corrected chi connectivity index (χ4v) is 0.739. The first-order chi connectivity index (χ1) is 5.38. The Kier molecular flexibility index (Phi) is 3.74. The summed E-state index contributed by atoms with van der Waals surface area (Å²) in [6.45, 7) is 11.3. The predicted molar refractivity (Wildman–Crippen MR) is 53.5 cm³/mol. The zero-order chi connectivity index (χ0) is 9.78. The summed E-state index contributed by atoms with van der Waals surface area (Å²) in [7, 11) is 0.